The summed E-state index contributed by atoms with van der Waals surface area (Å²) in [7, 11) is 7.00. The van der Waals surface area contributed by atoms with E-state index < -0.39 is 0 Å². The molecular weight excluding hydrogens is 416 g/mol. The van der Waals surface area contributed by atoms with E-state index in [1.807, 2.05) is 5.38 Å². The van der Waals surface area contributed by atoms with E-state index in [2.05, 4.69) is 74.6 Å². The quantitative estimate of drug-likeness (QED) is 0.514. The largest absolute Gasteiger partial charge is 2.00 e. The maximum absolute atomic E-state index is 10.7. The van der Waals surface area contributed by atoms with Crippen molar-refractivity contribution >= 4 is 16.5 Å². The molecule has 0 unspecified atom stereocenters. The van der Waals surface area contributed by atoms with Gasteiger partial charge in [0.1, 0.15) is 5.75 Å². The predicted octanol–water partition coefficient (Wildman–Crippen LogP) is 6.89. The zero-order valence-corrected chi connectivity index (χ0v) is 22.0. The summed E-state index contributed by atoms with van der Waals surface area (Å²) in [5.74, 6) is 0.362. The van der Waals surface area contributed by atoms with Crippen molar-refractivity contribution in [1.82, 2.24) is 4.98 Å². The van der Waals surface area contributed by atoms with E-state index in [1.54, 1.807) is 34.4 Å². The van der Waals surface area contributed by atoms with Gasteiger partial charge in [-0.3, -0.25) is 0 Å². The van der Waals surface area contributed by atoms with E-state index in [-0.39, 0.29) is 32.5 Å². The molecule has 0 bridgehead atoms. The van der Waals surface area contributed by atoms with Crippen LogP contribution in [0.3, 0.4) is 0 Å². The summed E-state index contributed by atoms with van der Waals surface area (Å²) in [5.41, 5.74) is 2.99. The van der Waals surface area contributed by atoms with Gasteiger partial charge < -0.3 is 26.0 Å². The molecule has 0 fully saturated rings. The van der Waals surface area contributed by atoms with Crippen molar-refractivity contribution in [3.63, 3.8) is 0 Å². The molecule has 0 atom stereocenters. The first-order valence-electron chi connectivity index (χ1n) is 9.32. The SMILES string of the molecule is CC(C)(C)c1cc(C[N-]c2nccs2)c(O)c(C(C)(C)C)c1.C[N-]C.C[N-]C.[Ti+2]. The van der Waals surface area contributed by atoms with Crippen LogP contribution in [0.5, 0.6) is 5.75 Å². The predicted molar refractivity (Wildman–Crippen MR) is 125 cm³/mol. The Morgan fingerprint density at radius 1 is 0.931 bits per heavy atom. The number of aromatic nitrogens is 1. The third-order valence-corrected chi connectivity index (χ3v) is 4.37. The van der Waals surface area contributed by atoms with E-state index in [0.717, 1.165) is 16.3 Å². The Morgan fingerprint density at radius 2 is 1.45 bits per heavy atom. The second-order valence-corrected chi connectivity index (χ2v) is 9.43. The molecule has 5 nitrogen and oxygen atoms in total. The van der Waals surface area contributed by atoms with E-state index in [1.165, 1.54) is 16.9 Å². The number of phenolic OH excluding ortho intramolecular Hbond substituents is 1. The van der Waals surface area contributed by atoms with Gasteiger partial charge in [0.25, 0.3) is 0 Å². The molecule has 7 heteroatoms. The van der Waals surface area contributed by atoms with Crippen LogP contribution in [-0.2, 0) is 39.1 Å². The Bertz CT molecular complexity index is 675. The molecule has 1 heterocycles. The monoisotopic (exact) mass is 453 g/mol. The molecule has 1 aromatic carbocycles. The van der Waals surface area contributed by atoms with Crippen molar-refractivity contribution in [3.8, 4) is 5.75 Å². The zero-order chi connectivity index (χ0) is 22.0. The summed E-state index contributed by atoms with van der Waals surface area (Å²) >= 11 is 1.51. The average Bonchev–Trinajstić information content (AvgIpc) is 3.06. The fraction of sp³-hybridized carbons (Fsp3) is 0.591. The summed E-state index contributed by atoms with van der Waals surface area (Å²) in [4.78, 5) is 4.17. The minimum atomic E-state index is -0.110. The summed E-state index contributed by atoms with van der Waals surface area (Å²) < 4.78 is 0. The summed E-state index contributed by atoms with van der Waals surface area (Å²) in [6.07, 6.45) is 1.75. The van der Waals surface area contributed by atoms with Gasteiger partial charge in [-0.05, 0) is 44.6 Å². The van der Waals surface area contributed by atoms with Crippen LogP contribution in [-0.4, -0.2) is 38.3 Å². The standard InChI is InChI=1S/C18H25N2OS.2C2H6N.Ti/c1-17(2,3)13-9-12(11-20-16-19-7-8-22-16)15(21)14(10-13)18(4,5)6;2*1-3-2;/h7-10H,11H2,1-6H3,(H-,19,20,21);2*1-2H3;/q3*-1;+2. The molecule has 0 spiro atoms. The molecule has 0 amide bonds. The number of aromatic hydroxyl groups is 1. The Morgan fingerprint density at radius 3 is 1.83 bits per heavy atom. The smallest absolute Gasteiger partial charge is 0.668 e. The second-order valence-electron chi connectivity index (χ2n) is 8.56. The first-order chi connectivity index (χ1) is 12.9. The topological polar surface area (TPSA) is 75.4 Å². The third-order valence-electron chi connectivity index (χ3n) is 3.67. The molecule has 2 aromatic rings. The van der Waals surface area contributed by atoms with E-state index in [4.69, 9.17) is 0 Å². The van der Waals surface area contributed by atoms with E-state index in [9.17, 15) is 5.11 Å². The molecule has 162 valence electrons. The van der Waals surface area contributed by atoms with Crippen LogP contribution >= 0.6 is 11.3 Å². The Kier molecular flexibility index (Phi) is 14.8. The van der Waals surface area contributed by atoms with Gasteiger partial charge in [-0.15, -0.1) is 0 Å². The normalized spacial score (nSPS) is 10.7. The molecule has 0 aliphatic carbocycles. The van der Waals surface area contributed by atoms with Crippen LogP contribution in [0, 0.1) is 0 Å². The first kappa shape index (κ1) is 30.3. The average molecular weight is 453 g/mol. The van der Waals surface area contributed by atoms with E-state index in [0.29, 0.717) is 12.3 Å². The van der Waals surface area contributed by atoms with Crippen molar-refractivity contribution < 1.29 is 26.8 Å². The number of hydrogen-bond donors (Lipinski definition) is 1. The molecule has 0 aliphatic heterocycles. The van der Waals surface area contributed by atoms with Crippen molar-refractivity contribution in [2.24, 2.45) is 0 Å². The number of phenols is 1. The molecule has 2 rings (SSSR count). The van der Waals surface area contributed by atoms with Crippen LogP contribution in [0.4, 0.5) is 5.13 Å². The van der Waals surface area contributed by atoms with Gasteiger partial charge in [0, 0.05) is 0 Å². The maximum atomic E-state index is 10.7. The van der Waals surface area contributed by atoms with Crippen LogP contribution in [0.2, 0.25) is 0 Å². The fourth-order valence-corrected chi connectivity index (χ4v) is 2.77. The number of benzene rings is 1. The summed E-state index contributed by atoms with van der Waals surface area (Å²) in [6.45, 7) is 13.4. The van der Waals surface area contributed by atoms with Crippen LogP contribution in [0.1, 0.15) is 58.2 Å². The van der Waals surface area contributed by atoms with E-state index >= 15 is 0 Å². The minimum Gasteiger partial charge on any atom is -0.668 e. The van der Waals surface area contributed by atoms with Gasteiger partial charge in [-0.1, -0.05) is 59.9 Å². The molecule has 1 N–H and O–H groups in total. The van der Waals surface area contributed by atoms with Crippen LogP contribution < -0.4 is 0 Å². The second kappa shape index (κ2) is 14.2. The number of nitrogens with zero attached hydrogens (tertiary/aromatic N) is 4. The minimum absolute atomic E-state index is 0. The van der Waals surface area contributed by atoms with Gasteiger partial charge >= 0.3 is 21.7 Å². The Balaban J connectivity index is 0. The fourth-order valence-electron chi connectivity index (χ4n) is 2.27. The van der Waals surface area contributed by atoms with Gasteiger partial charge in [-0.2, -0.15) is 39.5 Å². The molecule has 1 aromatic heterocycles. The van der Waals surface area contributed by atoms with Crippen molar-refractivity contribution in [3.05, 3.63) is 56.4 Å². The van der Waals surface area contributed by atoms with Crippen LogP contribution in [0.15, 0.2) is 23.7 Å². The Labute approximate surface area is 197 Å². The molecule has 0 saturated carbocycles. The van der Waals surface area contributed by atoms with Crippen LogP contribution in [0.25, 0.3) is 16.0 Å². The van der Waals surface area contributed by atoms with Crippen molar-refractivity contribution in [2.45, 2.75) is 58.9 Å². The van der Waals surface area contributed by atoms with Gasteiger partial charge in [-0.25, -0.2) is 0 Å². The number of thiazole rings is 1. The third kappa shape index (κ3) is 11.2. The molecule has 0 aliphatic rings. The zero-order valence-electron chi connectivity index (χ0n) is 19.7. The molecule has 29 heavy (non-hydrogen) atoms. The molecule has 0 saturated heterocycles. The summed E-state index contributed by atoms with van der Waals surface area (Å²) in [6, 6.07) is 4.20. The van der Waals surface area contributed by atoms with Crippen molar-refractivity contribution in [1.29, 1.82) is 0 Å². The molecular formula is C22H37N4OSTi-. The number of hydrogen-bond acceptors (Lipinski definition) is 3. The summed E-state index contributed by atoms with van der Waals surface area (Å²) in [5, 5.41) is 24.8. The van der Waals surface area contributed by atoms with Gasteiger partial charge in [0.05, 0.1) is 0 Å². The number of rotatable bonds is 3. The molecule has 0 radical (unpaired) electrons. The Hall–Kier alpha value is -0.916. The van der Waals surface area contributed by atoms with Gasteiger partial charge in [0.15, 0.2) is 0 Å². The van der Waals surface area contributed by atoms with Crippen molar-refractivity contribution in [2.75, 3.05) is 28.2 Å². The van der Waals surface area contributed by atoms with Gasteiger partial charge in [0.2, 0.25) is 0 Å². The first-order valence-corrected chi connectivity index (χ1v) is 10.2. The maximum Gasteiger partial charge on any atom is 2.00 e.